The molecule has 8 nitrogen and oxygen atoms in total. The van der Waals surface area contributed by atoms with Crippen LogP contribution in [-0.4, -0.2) is 39.7 Å². The quantitative estimate of drug-likeness (QED) is 0.382. The molecule has 31 heavy (non-hydrogen) atoms. The summed E-state index contributed by atoms with van der Waals surface area (Å²) in [6, 6.07) is 13.8. The van der Waals surface area contributed by atoms with E-state index in [0.29, 0.717) is 6.54 Å². The van der Waals surface area contributed by atoms with Gasteiger partial charge in [-0.25, -0.2) is 15.0 Å². The van der Waals surface area contributed by atoms with Gasteiger partial charge in [0, 0.05) is 49.9 Å². The second-order valence-electron chi connectivity index (χ2n) is 6.81. The maximum absolute atomic E-state index is 7.53. The number of pyridine rings is 1. The molecule has 0 fully saturated rings. The molecule has 0 saturated carbocycles. The number of nitrogens with zero attached hydrogens (tertiary/aromatic N) is 4. The zero-order chi connectivity index (χ0) is 21.6. The number of hydrogen-bond donors (Lipinski definition) is 3. The average Bonchev–Trinajstić information content (AvgIpc) is 3.25. The van der Waals surface area contributed by atoms with Gasteiger partial charge in [0.15, 0.2) is 0 Å². The smallest absolute Gasteiger partial charge is 0.140 e. The fourth-order valence-corrected chi connectivity index (χ4v) is 3.24. The number of methoxy groups -OCH3 is 1. The average molecular weight is 413 g/mol. The van der Waals surface area contributed by atoms with E-state index in [1.165, 1.54) is 6.21 Å². The number of benzene rings is 1. The lowest BCUT2D eigenvalue weighted by molar-refractivity contribution is 0.414. The van der Waals surface area contributed by atoms with Gasteiger partial charge in [-0.2, -0.15) is 0 Å². The number of hydrogen-bond acceptors (Lipinski definition) is 7. The molecule has 0 amide bonds. The van der Waals surface area contributed by atoms with Crippen LogP contribution >= 0.6 is 0 Å². The van der Waals surface area contributed by atoms with Crippen LogP contribution in [0.25, 0.3) is 22.6 Å². The van der Waals surface area contributed by atoms with Gasteiger partial charge in [-0.15, -0.1) is 0 Å². The summed E-state index contributed by atoms with van der Waals surface area (Å²) in [5.41, 5.74) is 5.37. The third kappa shape index (κ3) is 4.37. The van der Waals surface area contributed by atoms with E-state index < -0.39 is 0 Å². The molecule has 0 aliphatic rings. The highest BCUT2D eigenvalue weighted by atomic mass is 16.5. The minimum absolute atomic E-state index is 0.622. The molecule has 4 aromatic rings. The minimum atomic E-state index is 0.622. The number of allylic oxidation sites excluding steroid dienone is 1. The van der Waals surface area contributed by atoms with Crippen LogP contribution < -0.4 is 15.4 Å². The summed E-state index contributed by atoms with van der Waals surface area (Å²) in [7, 11) is 3.46. The first-order valence-electron chi connectivity index (χ1n) is 9.76. The van der Waals surface area contributed by atoms with Gasteiger partial charge in [-0.3, -0.25) is 4.40 Å². The lowest BCUT2D eigenvalue weighted by atomic mass is 10.1. The van der Waals surface area contributed by atoms with Gasteiger partial charge in [-0.05, 0) is 17.2 Å². The molecule has 0 bridgehead atoms. The summed E-state index contributed by atoms with van der Waals surface area (Å²) in [5.74, 6) is 1.49. The summed E-state index contributed by atoms with van der Waals surface area (Å²) < 4.78 is 7.23. The van der Waals surface area contributed by atoms with Gasteiger partial charge in [0.25, 0.3) is 0 Å². The van der Waals surface area contributed by atoms with E-state index in [4.69, 9.17) is 10.1 Å². The molecule has 0 aliphatic carbocycles. The Balaban J connectivity index is 1.49. The van der Waals surface area contributed by atoms with Crippen molar-refractivity contribution in [2.45, 2.75) is 6.54 Å². The zero-order valence-corrected chi connectivity index (χ0v) is 17.3. The van der Waals surface area contributed by atoms with Crippen molar-refractivity contribution in [3.05, 3.63) is 78.5 Å². The lowest BCUT2D eigenvalue weighted by Gasteiger charge is -2.09. The van der Waals surface area contributed by atoms with Crippen LogP contribution in [0.4, 0.5) is 5.82 Å². The highest BCUT2D eigenvalue weighted by Gasteiger charge is 2.09. The Morgan fingerprint density at radius 2 is 1.97 bits per heavy atom. The van der Waals surface area contributed by atoms with Crippen LogP contribution in [0.2, 0.25) is 0 Å². The van der Waals surface area contributed by atoms with Gasteiger partial charge >= 0.3 is 0 Å². The fourth-order valence-electron chi connectivity index (χ4n) is 3.24. The van der Waals surface area contributed by atoms with Crippen LogP contribution in [0.15, 0.2) is 67.4 Å². The topological polar surface area (TPSA) is 100 Å². The summed E-state index contributed by atoms with van der Waals surface area (Å²) in [4.78, 5) is 13.2. The van der Waals surface area contributed by atoms with Crippen molar-refractivity contribution in [3.8, 4) is 17.1 Å². The van der Waals surface area contributed by atoms with Gasteiger partial charge in [-0.1, -0.05) is 24.3 Å². The SMILES string of the molecule is CN/C=C(\C=N)c1ccc(CNc2cc(-c3cnc4cc(OC)ccn34)ncn2)cc1. The molecule has 8 heteroatoms. The zero-order valence-electron chi connectivity index (χ0n) is 17.3. The monoisotopic (exact) mass is 413 g/mol. The molecule has 0 atom stereocenters. The molecule has 4 rings (SSSR count). The Morgan fingerprint density at radius 1 is 1.13 bits per heavy atom. The molecule has 0 saturated heterocycles. The fraction of sp³-hybridized carbons (Fsp3) is 0.130. The van der Waals surface area contributed by atoms with E-state index in [0.717, 1.165) is 45.3 Å². The van der Waals surface area contributed by atoms with Crippen LogP contribution in [0.5, 0.6) is 5.75 Å². The van der Waals surface area contributed by atoms with Crippen LogP contribution in [0, 0.1) is 5.41 Å². The van der Waals surface area contributed by atoms with E-state index in [1.54, 1.807) is 25.8 Å². The van der Waals surface area contributed by atoms with Crippen LogP contribution in [0.1, 0.15) is 11.1 Å². The predicted octanol–water partition coefficient (Wildman–Crippen LogP) is 3.62. The molecule has 0 aliphatic heterocycles. The first-order chi connectivity index (χ1) is 15.2. The van der Waals surface area contributed by atoms with Crippen molar-refractivity contribution in [2.75, 3.05) is 19.5 Å². The maximum atomic E-state index is 7.53. The number of fused-ring (bicyclic) bond motifs is 1. The van der Waals surface area contributed by atoms with Crippen LogP contribution in [-0.2, 0) is 6.54 Å². The molecule has 0 unspecified atom stereocenters. The minimum Gasteiger partial charge on any atom is -0.497 e. The third-order valence-corrected chi connectivity index (χ3v) is 4.87. The first kappa shape index (κ1) is 20.1. The largest absolute Gasteiger partial charge is 0.497 e. The summed E-state index contributed by atoms with van der Waals surface area (Å²) in [6.07, 6.45) is 8.39. The third-order valence-electron chi connectivity index (χ3n) is 4.87. The molecule has 0 spiro atoms. The number of aromatic nitrogens is 4. The van der Waals surface area contributed by atoms with Crippen LogP contribution in [0.3, 0.4) is 0 Å². The van der Waals surface area contributed by atoms with E-state index in [-0.39, 0.29) is 0 Å². The highest BCUT2D eigenvalue weighted by molar-refractivity contribution is 6.08. The van der Waals surface area contributed by atoms with E-state index in [1.807, 2.05) is 60.1 Å². The Kier molecular flexibility index (Phi) is 5.89. The molecule has 3 N–H and O–H groups in total. The summed E-state index contributed by atoms with van der Waals surface area (Å²) in [5, 5.41) is 13.8. The second kappa shape index (κ2) is 9.08. The van der Waals surface area contributed by atoms with Gasteiger partial charge in [0.1, 0.15) is 23.5 Å². The number of rotatable bonds is 8. The molecule has 0 radical (unpaired) electrons. The molecule has 3 heterocycles. The Hall–Kier alpha value is -4.20. The number of anilines is 1. The Bertz CT molecular complexity index is 1230. The standard InChI is InChI=1S/C23H23N7O/c1-25-13-18(11-24)17-5-3-16(4-6-17)12-26-22-10-20(28-15-29-22)21-14-27-23-9-19(31-2)7-8-30(21)23/h3-11,13-15,24-25H,12H2,1-2H3,(H,26,28,29)/b18-13+,24-11?. The molecule has 156 valence electrons. The second-order valence-corrected chi connectivity index (χ2v) is 6.81. The number of imidazole rings is 1. The van der Waals surface area contributed by atoms with E-state index >= 15 is 0 Å². The summed E-state index contributed by atoms with van der Waals surface area (Å²) >= 11 is 0. The maximum Gasteiger partial charge on any atom is 0.140 e. The van der Waals surface area contributed by atoms with Gasteiger partial charge in [0.05, 0.1) is 24.7 Å². The van der Waals surface area contributed by atoms with E-state index in [2.05, 4.69) is 25.6 Å². The number of ether oxygens (including phenoxy) is 1. The van der Waals surface area contributed by atoms with Crippen molar-refractivity contribution in [2.24, 2.45) is 0 Å². The van der Waals surface area contributed by atoms with Gasteiger partial charge in [0.2, 0.25) is 0 Å². The predicted molar refractivity (Wildman–Crippen MR) is 122 cm³/mol. The Labute approximate surface area is 180 Å². The molecule has 1 aromatic carbocycles. The van der Waals surface area contributed by atoms with E-state index in [9.17, 15) is 0 Å². The molecular weight excluding hydrogens is 390 g/mol. The number of nitrogens with one attached hydrogen (secondary N) is 3. The van der Waals surface area contributed by atoms with Gasteiger partial charge < -0.3 is 20.8 Å². The first-order valence-corrected chi connectivity index (χ1v) is 9.76. The van der Waals surface area contributed by atoms with Crippen molar-refractivity contribution in [1.29, 1.82) is 5.41 Å². The van der Waals surface area contributed by atoms with Crippen molar-refractivity contribution < 1.29 is 4.74 Å². The van der Waals surface area contributed by atoms with Crippen molar-refractivity contribution >= 4 is 23.3 Å². The Morgan fingerprint density at radius 3 is 2.71 bits per heavy atom. The summed E-state index contributed by atoms with van der Waals surface area (Å²) in [6.45, 7) is 0.622. The normalized spacial score (nSPS) is 11.4. The van der Waals surface area contributed by atoms with Crippen molar-refractivity contribution in [1.82, 2.24) is 24.7 Å². The molecular formula is C23H23N7O. The van der Waals surface area contributed by atoms with Crippen molar-refractivity contribution in [3.63, 3.8) is 0 Å². The molecule has 3 aromatic heterocycles. The highest BCUT2D eigenvalue weighted by Crippen LogP contribution is 2.23. The lowest BCUT2D eigenvalue weighted by Crippen LogP contribution is -2.03.